The Labute approximate surface area is 98.5 Å². The number of rotatable bonds is 5. The summed E-state index contributed by atoms with van der Waals surface area (Å²) in [5.41, 5.74) is 4.41. The highest BCUT2D eigenvalue weighted by Gasteiger charge is 2.25. The zero-order chi connectivity index (χ0) is 13.1. The van der Waals surface area contributed by atoms with Crippen LogP contribution in [0.3, 0.4) is 0 Å². The molecule has 0 aliphatic carbocycles. The van der Waals surface area contributed by atoms with Gasteiger partial charge in [0.25, 0.3) is 5.69 Å². The van der Waals surface area contributed by atoms with Crippen LogP contribution < -0.4 is 10.5 Å². The van der Waals surface area contributed by atoms with Gasteiger partial charge >= 0.3 is 0 Å². The first-order chi connectivity index (χ1) is 7.83. The lowest BCUT2D eigenvalue weighted by Gasteiger charge is -2.20. The molecule has 2 N–H and O–H groups in total. The van der Waals surface area contributed by atoms with Gasteiger partial charge in [0, 0.05) is 12.1 Å². The van der Waals surface area contributed by atoms with E-state index in [9.17, 15) is 14.9 Å². The maximum absolute atomic E-state index is 11.0. The van der Waals surface area contributed by atoms with Crippen molar-refractivity contribution >= 4 is 11.6 Å². The summed E-state index contributed by atoms with van der Waals surface area (Å²) in [5.74, 6) is 0.00402. The van der Waals surface area contributed by atoms with Crippen LogP contribution in [0.15, 0.2) is 24.3 Å². The SMILES string of the molecule is CC(C)(COc1ccc([N+](=O)[O-])cc1)C(N)=O. The summed E-state index contributed by atoms with van der Waals surface area (Å²) in [6, 6.07) is 5.64. The summed E-state index contributed by atoms with van der Waals surface area (Å²) in [7, 11) is 0. The lowest BCUT2D eigenvalue weighted by atomic mass is 9.94. The molecular formula is C11H14N2O4. The first-order valence-electron chi connectivity index (χ1n) is 5.00. The van der Waals surface area contributed by atoms with Crippen molar-refractivity contribution in [2.45, 2.75) is 13.8 Å². The number of benzene rings is 1. The van der Waals surface area contributed by atoms with Crippen LogP contribution in [-0.4, -0.2) is 17.4 Å². The first kappa shape index (κ1) is 13.0. The second kappa shape index (κ2) is 4.82. The van der Waals surface area contributed by atoms with Crippen molar-refractivity contribution in [1.29, 1.82) is 0 Å². The molecule has 1 rings (SSSR count). The summed E-state index contributed by atoms with van der Waals surface area (Å²) in [6.45, 7) is 3.46. The molecule has 0 fully saturated rings. The third kappa shape index (κ3) is 3.44. The van der Waals surface area contributed by atoms with E-state index in [1.165, 1.54) is 24.3 Å². The van der Waals surface area contributed by atoms with Crippen LogP contribution in [0.4, 0.5) is 5.69 Å². The highest BCUT2D eigenvalue weighted by atomic mass is 16.6. The van der Waals surface area contributed by atoms with E-state index in [0.717, 1.165) is 0 Å². The topological polar surface area (TPSA) is 95.5 Å². The Bertz CT molecular complexity index is 426. The third-order valence-electron chi connectivity index (χ3n) is 2.31. The molecule has 0 atom stereocenters. The molecule has 6 nitrogen and oxygen atoms in total. The molecule has 0 saturated heterocycles. The summed E-state index contributed by atoms with van der Waals surface area (Å²) in [6.07, 6.45) is 0. The van der Waals surface area contributed by atoms with E-state index in [-0.39, 0.29) is 12.3 Å². The molecule has 0 unspecified atom stereocenters. The minimum atomic E-state index is -0.776. The number of nitro groups is 1. The molecule has 6 heteroatoms. The molecule has 0 aliphatic rings. The van der Waals surface area contributed by atoms with Crippen molar-refractivity contribution in [3.05, 3.63) is 34.4 Å². The van der Waals surface area contributed by atoms with E-state index < -0.39 is 16.2 Å². The summed E-state index contributed by atoms with van der Waals surface area (Å²) in [5, 5.41) is 10.4. The van der Waals surface area contributed by atoms with Gasteiger partial charge in [-0.1, -0.05) is 0 Å². The number of carbonyl (C=O) groups excluding carboxylic acids is 1. The van der Waals surface area contributed by atoms with Crippen LogP contribution in [0.2, 0.25) is 0 Å². The molecule has 0 radical (unpaired) electrons. The minimum Gasteiger partial charge on any atom is -0.492 e. The van der Waals surface area contributed by atoms with Crippen molar-refractivity contribution in [1.82, 2.24) is 0 Å². The number of primary amides is 1. The molecule has 0 bridgehead atoms. The Morgan fingerprint density at radius 3 is 2.35 bits per heavy atom. The van der Waals surface area contributed by atoms with Crippen LogP contribution in [0.1, 0.15) is 13.8 Å². The fourth-order valence-corrected chi connectivity index (χ4v) is 0.999. The van der Waals surface area contributed by atoms with Gasteiger partial charge in [-0.05, 0) is 26.0 Å². The van der Waals surface area contributed by atoms with E-state index in [0.29, 0.717) is 5.75 Å². The van der Waals surface area contributed by atoms with Gasteiger partial charge in [-0.3, -0.25) is 14.9 Å². The number of nitro benzene ring substituents is 1. The Morgan fingerprint density at radius 1 is 1.41 bits per heavy atom. The summed E-state index contributed by atoms with van der Waals surface area (Å²) >= 11 is 0. The lowest BCUT2D eigenvalue weighted by Crippen LogP contribution is -2.36. The van der Waals surface area contributed by atoms with Crippen molar-refractivity contribution < 1.29 is 14.5 Å². The molecule has 0 heterocycles. The second-order valence-electron chi connectivity index (χ2n) is 4.29. The van der Waals surface area contributed by atoms with Crippen LogP contribution in [-0.2, 0) is 4.79 Å². The van der Waals surface area contributed by atoms with E-state index in [1.807, 2.05) is 0 Å². The first-order valence-corrected chi connectivity index (χ1v) is 5.00. The second-order valence-corrected chi connectivity index (χ2v) is 4.29. The number of non-ortho nitro benzene ring substituents is 1. The molecule has 1 amide bonds. The van der Waals surface area contributed by atoms with E-state index in [1.54, 1.807) is 13.8 Å². The Morgan fingerprint density at radius 2 is 1.94 bits per heavy atom. The molecular weight excluding hydrogens is 224 g/mol. The maximum atomic E-state index is 11.0. The number of nitrogens with two attached hydrogens (primary N) is 1. The third-order valence-corrected chi connectivity index (χ3v) is 2.31. The van der Waals surface area contributed by atoms with Gasteiger partial charge in [-0.2, -0.15) is 0 Å². The molecule has 0 aromatic heterocycles. The zero-order valence-electron chi connectivity index (χ0n) is 9.67. The quantitative estimate of drug-likeness (QED) is 0.620. The van der Waals surface area contributed by atoms with E-state index in [4.69, 9.17) is 10.5 Å². The fraction of sp³-hybridized carbons (Fsp3) is 0.364. The summed E-state index contributed by atoms with van der Waals surface area (Å²) < 4.78 is 5.34. The Kier molecular flexibility index (Phi) is 3.67. The largest absolute Gasteiger partial charge is 0.492 e. The number of hydrogen-bond acceptors (Lipinski definition) is 4. The molecule has 17 heavy (non-hydrogen) atoms. The predicted octanol–water partition coefficient (Wildman–Crippen LogP) is 1.49. The average molecular weight is 238 g/mol. The smallest absolute Gasteiger partial charge is 0.269 e. The van der Waals surface area contributed by atoms with Crippen LogP contribution in [0.5, 0.6) is 5.75 Å². The maximum Gasteiger partial charge on any atom is 0.269 e. The van der Waals surface area contributed by atoms with Gasteiger partial charge in [0.1, 0.15) is 12.4 Å². The molecule has 0 spiro atoms. The molecule has 0 aliphatic heterocycles. The van der Waals surface area contributed by atoms with Crippen LogP contribution in [0.25, 0.3) is 0 Å². The molecule has 1 aromatic carbocycles. The van der Waals surface area contributed by atoms with Gasteiger partial charge in [-0.15, -0.1) is 0 Å². The number of hydrogen-bond donors (Lipinski definition) is 1. The minimum absolute atomic E-state index is 0.00786. The summed E-state index contributed by atoms with van der Waals surface area (Å²) in [4.78, 5) is 21.0. The monoisotopic (exact) mass is 238 g/mol. The van der Waals surface area contributed by atoms with Crippen molar-refractivity contribution in [3.63, 3.8) is 0 Å². The van der Waals surface area contributed by atoms with Gasteiger partial charge < -0.3 is 10.5 Å². The van der Waals surface area contributed by atoms with Gasteiger partial charge in [0.2, 0.25) is 5.91 Å². The number of ether oxygens (including phenoxy) is 1. The van der Waals surface area contributed by atoms with Gasteiger partial charge in [0.15, 0.2) is 0 Å². The Balaban J connectivity index is 2.65. The van der Waals surface area contributed by atoms with Crippen molar-refractivity contribution in [2.75, 3.05) is 6.61 Å². The molecule has 92 valence electrons. The number of carbonyl (C=O) groups is 1. The normalized spacial score (nSPS) is 10.9. The lowest BCUT2D eigenvalue weighted by molar-refractivity contribution is -0.384. The standard InChI is InChI=1S/C11H14N2O4/c1-11(2,10(12)14)7-17-9-5-3-8(4-6-9)13(15)16/h3-6H,7H2,1-2H3,(H2,12,14). The Hall–Kier alpha value is -2.11. The highest BCUT2D eigenvalue weighted by molar-refractivity contribution is 5.80. The van der Waals surface area contributed by atoms with Crippen LogP contribution in [0, 0.1) is 15.5 Å². The fourth-order valence-electron chi connectivity index (χ4n) is 0.999. The van der Waals surface area contributed by atoms with Crippen molar-refractivity contribution in [2.24, 2.45) is 11.1 Å². The average Bonchev–Trinajstić information content (AvgIpc) is 2.27. The van der Waals surface area contributed by atoms with Crippen molar-refractivity contribution in [3.8, 4) is 5.75 Å². The van der Waals surface area contributed by atoms with Gasteiger partial charge in [0.05, 0.1) is 10.3 Å². The predicted molar refractivity (Wildman–Crippen MR) is 61.6 cm³/mol. The molecule has 1 aromatic rings. The van der Waals surface area contributed by atoms with Crippen LogP contribution >= 0.6 is 0 Å². The number of nitrogens with zero attached hydrogens (tertiary/aromatic N) is 1. The van der Waals surface area contributed by atoms with E-state index in [2.05, 4.69) is 0 Å². The zero-order valence-corrected chi connectivity index (χ0v) is 9.67. The van der Waals surface area contributed by atoms with Gasteiger partial charge in [-0.25, -0.2) is 0 Å². The molecule has 0 saturated carbocycles. The van der Waals surface area contributed by atoms with E-state index >= 15 is 0 Å². The number of amides is 1. The highest BCUT2D eigenvalue weighted by Crippen LogP contribution is 2.20.